The Labute approximate surface area is 101 Å². The first-order valence-corrected chi connectivity index (χ1v) is 5.67. The van der Waals surface area contributed by atoms with E-state index in [0.717, 1.165) is 11.0 Å². The normalized spacial score (nSPS) is 21.7. The van der Waals surface area contributed by atoms with E-state index >= 15 is 0 Å². The van der Waals surface area contributed by atoms with E-state index in [-0.39, 0.29) is 5.92 Å². The van der Waals surface area contributed by atoms with Gasteiger partial charge in [-0.2, -0.15) is 4.39 Å². The maximum atomic E-state index is 13.4. The van der Waals surface area contributed by atoms with E-state index in [1.54, 1.807) is 6.92 Å². The minimum Gasteiger partial charge on any atom is -0.381 e. The number of aromatic amines is 1. The highest BCUT2D eigenvalue weighted by molar-refractivity contribution is 6.29. The van der Waals surface area contributed by atoms with Gasteiger partial charge in [0.1, 0.15) is 0 Å². The van der Waals surface area contributed by atoms with Crippen molar-refractivity contribution in [3.05, 3.63) is 31.8 Å². The van der Waals surface area contributed by atoms with Crippen LogP contribution in [0.3, 0.4) is 0 Å². The number of nitrogens with zero attached hydrogens (tertiary/aromatic N) is 1. The van der Waals surface area contributed by atoms with E-state index in [9.17, 15) is 14.0 Å². The molecule has 17 heavy (non-hydrogen) atoms. The van der Waals surface area contributed by atoms with Gasteiger partial charge < -0.3 is 4.74 Å². The summed E-state index contributed by atoms with van der Waals surface area (Å²) >= 11 is 5.39. The Kier molecular flexibility index (Phi) is 3.35. The number of nitrogens with one attached hydrogen (secondary N) is 1. The standard InChI is InChI=1S/C10H12ClFN2O3/c1-5(6-2-3-17-4-6)14-9(15)7(12)8(11)13-10(14)16/h5-6H,2-4H2,1H3,(H,13,16). The zero-order valence-electron chi connectivity index (χ0n) is 9.20. The molecule has 2 rings (SSSR count). The van der Waals surface area contributed by atoms with Crippen molar-refractivity contribution in [2.24, 2.45) is 5.92 Å². The number of hydrogen-bond donors (Lipinski definition) is 1. The molecule has 2 atom stereocenters. The van der Waals surface area contributed by atoms with E-state index in [4.69, 9.17) is 16.3 Å². The van der Waals surface area contributed by atoms with Crippen LogP contribution in [0.1, 0.15) is 19.4 Å². The van der Waals surface area contributed by atoms with Crippen LogP contribution in [0.2, 0.25) is 5.15 Å². The fourth-order valence-corrected chi connectivity index (χ4v) is 2.18. The third-order valence-corrected chi connectivity index (χ3v) is 3.35. The van der Waals surface area contributed by atoms with E-state index in [0.29, 0.717) is 13.2 Å². The predicted molar refractivity (Wildman–Crippen MR) is 59.9 cm³/mol. The van der Waals surface area contributed by atoms with E-state index < -0.39 is 28.3 Å². The van der Waals surface area contributed by atoms with Crippen molar-refractivity contribution in [1.29, 1.82) is 0 Å². The van der Waals surface area contributed by atoms with Crippen molar-refractivity contribution in [2.75, 3.05) is 13.2 Å². The van der Waals surface area contributed by atoms with Crippen LogP contribution in [0.15, 0.2) is 9.59 Å². The molecule has 5 nitrogen and oxygen atoms in total. The molecule has 1 aliphatic heterocycles. The summed E-state index contributed by atoms with van der Waals surface area (Å²) in [5.41, 5.74) is -1.68. The second-order valence-corrected chi connectivity index (χ2v) is 4.48. The van der Waals surface area contributed by atoms with Gasteiger partial charge >= 0.3 is 5.69 Å². The molecule has 1 fully saturated rings. The molecule has 0 aliphatic carbocycles. The Morgan fingerprint density at radius 1 is 1.59 bits per heavy atom. The van der Waals surface area contributed by atoms with Gasteiger partial charge in [-0.3, -0.25) is 14.3 Å². The monoisotopic (exact) mass is 262 g/mol. The molecule has 2 heterocycles. The molecule has 1 aromatic heterocycles. The van der Waals surface area contributed by atoms with Crippen molar-refractivity contribution < 1.29 is 9.13 Å². The lowest BCUT2D eigenvalue weighted by atomic mass is 10.0. The molecular formula is C10H12ClFN2O3. The SMILES string of the molecule is CC(C1CCOC1)n1c(=O)[nH]c(Cl)c(F)c1=O. The van der Waals surface area contributed by atoms with Gasteiger partial charge in [-0.05, 0) is 13.3 Å². The lowest BCUT2D eigenvalue weighted by Gasteiger charge is -2.19. The molecule has 0 radical (unpaired) electrons. The zero-order valence-corrected chi connectivity index (χ0v) is 9.96. The summed E-state index contributed by atoms with van der Waals surface area (Å²) in [4.78, 5) is 25.4. The van der Waals surface area contributed by atoms with Gasteiger partial charge in [0.15, 0.2) is 5.15 Å². The van der Waals surface area contributed by atoms with Gasteiger partial charge in [0.25, 0.3) is 5.56 Å². The average Bonchev–Trinajstić information content (AvgIpc) is 2.79. The maximum Gasteiger partial charge on any atom is 0.329 e. The number of H-pyrrole nitrogens is 1. The second kappa shape index (κ2) is 4.62. The quantitative estimate of drug-likeness (QED) is 0.807. The Hall–Kier alpha value is -1.14. The number of hydrogen-bond acceptors (Lipinski definition) is 3. The summed E-state index contributed by atoms with van der Waals surface area (Å²) in [7, 11) is 0. The van der Waals surface area contributed by atoms with Gasteiger partial charge in [0.2, 0.25) is 5.82 Å². The smallest absolute Gasteiger partial charge is 0.329 e. The summed E-state index contributed by atoms with van der Waals surface area (Å²) in [5, 5.41) is -0.550. The van der Waals surface area contributed by atoms with Crippen LogP contribution < -0.4 is 11.2 Å². The van der Waals surface area contributed by atoms with E-state index in [2.05, 4.69) is 4.98 Å². The van der Waals surface area contributed by atoms with E-state index in [1.807, 2.05) is 0 Å². The van der Waals surface area contributed by atoms with Crippen LogP contribution >= 0.6 is 11.6 Å². The first kappa shape index (κ1) is 12.3. The first-order valence-electron chi connectivity index (χ1n) is 5.30. The van der Waals surface area contributed by atoms with Gasteiger partial charge in [-0.25, -0.2) is 4.79 Å². The van der Waals surface area contributed by atoms with Crippen molar-refractivity contribution >= 4 is 11.6 Å². The fraction of sp³-hybridized carbons (Fsp3) is 0.600. The van der Waals surface area contributed by atoms with Crippen molar-refractivity contribution in [3.63, 3.8) is 0 Å². The van der Waals surface area contributed by atoms with Gasteiger partial charge in [-0.1, -0.05) is 11.6 Å². The zero-order chi connectivity index (χ0) is 12.6. The third-order valence-electron chi connectivity index (χ3n) is 3.09. The molecule has 1 N–H and O–H groups in total. The topological polar surface area (TPSA) is 64.1 Å². The summed E-state index contributed by atoms with van der Waals surface area (Å²) in [5.74, 6) is -1.09. The van der Waals surface area contributed by atoms with Gasteiger partial charge in [0, 0.05) is 18.6 Å². The molecule has 2 unspecified atom stereocenters. The third kappa shape index (κ3) is 2.14. The number of rotatable bonds is 2. The number of aromatic nitrogens is 2. The summed E-state index contributed by atoms with van der Waals surface area (Å²) < 4.78 is 19.4. The fourth-order valence-electron chi connectivity index (χ4n) is 2.01. The van der Waals surface area contributed by atoms with Crippen molar-refractivity contribution in [3.8, 4) is 0 Å². The lowest BCUT2D eigenvalue weighted by molar-refractivity contribution is 0.173. The van der Waals surface area contributed by atoms with Crippen LogP contribution in [0.5, 0.6) is 0 Å². The molecule has 1 aromatic rings. The van der Waals surface area contributed by atoms with Crippen LogP contribution in [-0.4, -0.2) is 22.8 Å². The number of ether oxygens (including phenoxy) is 1. The first-order chi connectivity index (χ1) is 8.02. The summed E-state index contributed by atoms with van der Waals surface area (Å²) in [6.07, 6.45) is 0.747. The molecule has 1 aliphatic rings. The Morgan fingerprint density at radius 3 is 2.88 bits per heavy atom. The Balaban J connectivity index is 2.48. The summed E-state index contributed by atoms with van der Waals surface area (Å²) in [6, 6.07) is -0.416. The van der Waals surface area contributed by atoms with Crippen LogP contribution in [-0.2, 0) is 4.74 Å². The largest absolute Gasteiger partial charge is 0.381 e. The van der Waals surface area contributed by atoms with Crippen molar-refractivity contribution in [2.45, 2.75) is 19.4 Å². The molecule has 0 spiro atoms. The Bertz CT molecular complexity index is 533. The van der Waals surface area contributed by atoms with Crippen LogP contribution in [0.25, 0.3) is 0 Å². The predicted octanol–water partition coefficient (Wildman–Crippen LogP) is 0.927. The molecule has 0 amide bonds. The van der Waals surface area contributed by atoms with Crippen LogP contribution in [0, 0.1) is 11.7 Å². The molecule has 0 saturated carbocycles. The van der Waals surface area contributed by atoms with Crippen LogP contribution in [0.4, 0.5) is 4.39 Å². The van der Waals surface area contributed by atoms with Crippen molar-refractivity contribution in [1.82, 2.24) is 9.55 Å². The molecule has 94 valence electrons. The Morgan fingerprint density at radius 2 is 2.29 bits per heavy atom. The average molecular weight is 263 g/mol. The molecule has 1 saturated heterocycles. The molecule has 0 aromatic carbocycles. The van der Waals surface area contributed by atoms with Gasteiger partial charge in [-0.15, -0.1) is 0 Å². The molecule has 0 bridgehead atoms. The molecular weight excluding hydrogens is 251 g/mol. The van der Waals surface area contributed by atoms with Gasteiger partial charge in [0.05, 0.1) is 6.61 Å². The molecule has 7 heteroatoms. The maximum absolute atomic E-state index is 13.4. The minimum atomic E-state index is -1.13. The highest BCUT2D eigenvalue weighted by atomic mass is 35.5. The lowest BCUT2D eigenvalue weighted by Crippen LogP contribution is -2.41. The second-order valence-electron chi connectivity index (χ2n) is 4.10. The summed E-state index contributed by atoms with van der Waals surface area (Å²) in [6.45, 7) is 2.76. The van der Waals surface area contributed by atoms with E-state index in [1.165, 1.54) is 0 Å². The number of halogens is 2. The minimum absolute atomic E-state index is 0.0365. The highest BCUT2D eigenvalue weighted by Crippen LogP contribution is 2.23. The highest BCUT2D eigenvalue weighted by Gasteiger charge is 2.27.